The fraction of sp³-hybridized carbons (Fsp3) is 0.167. The van der Waals surface area contributed by atoms with E-state index in [4.69, 9.17) is 5.11 Å². The van der Waals surface area contributed by atoms with Gasteiger partial charge in [0.25, 0.3) is 0 Å². The fourth-order valence-electron chi connectivity index (χ4n) is 1.25. The molecule has 21 heavy (non-hydrogen) atoms. The van der Waals surface area contributed by atoms with E-state index >= 15 is 0 Å². The Morgan fingerprint density at radius 2 is 2.05 bits per heavy atom. The number of carbonyl (C=O) groups excluding carboxylic acids is 1. The Kier molecular flexibility index (Phi) is 5.17. The van der Waals surface area contributed by atoms with Crippen LogP contribution >= 0.6 is 0 Å². The van der Waals surface area contributed by atoms with E-state index in [-0.39, 0.29) is 12.3 Å². The summed E-state index contributed by atoms with van der Waals surface area (Å²) in [4.78, 5) is 22.0. The van der Waals surface area contributed by atoms with Crippen LogP contribution in [0.1, 0.15) is 10.4 Å². The van der Waals surface area contributed by atoms with Crippen LogP contribution in [0.25, 0.3) is 0 Å². The van der Waals surface area contributed by atoms with Gasteiger partial charge in [0.2, 0.25) is 0 Å². The maximum atomic E-state index is 12.3. The van der Waals surface area contributed by atoms with Crippen LogP contribution in [0.2, 0.25) is 0 Å². The molecule has 1 rings (SSSR count). The first-order chi connectivity index (χ1) is 9.73. The summed E-state index contributed by atoms with van der Waals surface area (Å²) >= 11 is 0. The van der Waals surface area contributed by atoms with Crippen LogP contribution < -0.4 is 10.1 Å². The Balaban J connectivity index is 3.03. The number of rotatable bonds is 5. The van der Waals surface area contributed by atoms with Gasteiger partial charge in [-0.25, -0.2) is 9.59 Å². The number of alkyl halides is 3. The number of aromatic carboxylic acids is 1. The Hall–Kier alpha value is -2.71. The second kappa shape index (κ2) is 6.64. The van der Waals surface area contributed by atoms with Crippen molar-refractivity contribution in [2.45, 2.75) is 6.36 Å². The van der Waals surface area contributed by atoms with Gasteiger partial charge < -0.3 is 14.6 Å². The molecule has 9 heteroatoms. The van der Waals surface area contributed by atoms with Gasteiger partial charge in [0.05, 0.1) is 11.3 Å². The number of carbonyl (C=O) groups is 2. The van der Waals surface area contributed by atoms with Crippen molar-refractivity contribution in [3.05, 3.63) is 36.4 Å². The van der Waals surface area contributed by atoms with E-state index in [1.54, 1.807) is 0 Å². The minimum atomic E-state index is -5.04. The summed E-state index contributed by atoms with van der Waals surface area (Å²) < 4.78 is 45.0. The van der Waals surface area contributed by atoms with Crippen molar-refractivity contribution in [1.29, 1.82) is 0 Å². The van der Waals surface area contributed by atoms with Crippen molar-refractivity contribution < 1.29 is 37.3 Å². The number of halogens is 3. The largest absolute Gasteiger partial charge is 0.573 e. The van der Waals surface area contributed by atoms with Gasteiger partial charge in [-0.15, -0.1) is 13.2 Å². The highest BCUT2D eigenvalue weighted by atomic mass is 19.4. The molecule has 0 fully saturated rings. The summed E-state index contributed by atoms with van der Waals surface area (Å²) in [6, 6.07) is 2.60. The lowest BCUT2D eigenvalue weighted by Crippen LogP contribution is -2.20. The maximum Gasteiger partial charge on any atom is 0.573 e. The molecule has 2 N–H and O–H groups in total. The van der Waals surface area contributed by atoms with Gasteiger partial charge >= 0.3 is 18.4 Å². The first-order valence-electron chi connectivity index (χ1n) is 5.40. The van der Waals surface area contributed by atoms with E-state index in [2.05, 4.69) is 16.1 Å². The highest BCUT2D eigenvalue weighted by molar-refractivity contribution is 5.91. The van der Waals surface area contributed by atoms with Crippen LogP contribution in [0.15, 0.2) is 30.9 Å². The average Bonchev–Trinajstić information content (AvgIpc) is 2.36. The quantitative estimate of drug-likeness (QED) is 0.817. The van der Waals surface area contributed by atoms with E-state index in [0.29, 0.717) is 6.07 Å². The Labute approximate surface area is 116 Å². The molecule has 114 valence electrons. The molecule has 1 aromatic rings. The topological polar surface area (TPSA) is 84.9 Å². The molecule has 6 nitrogen and oxygen atoms in total. The Morgan fingerprint density at radius 1 is 1.38 bits per heavy atom. The zero-order valence-corrected chi connectivity index (χ0v) is 10.4. The molecule has 0 bridgehead atoms. The van der Waals surface area contributed by atoms with Gasteiger partial charge in [0.15, 0.2) is 5.75 Å². The third kappa shape index (κ3) is 5.43. The lowest BCUT2D eigenvalue weighted by molar-refractivity contribution is -0.274. The van der Waals surface area contributed by atoms with Crippen LogP contribution in [0.4, 0.5) is 23.7 Å². The number of hydrogen-bond donors (Lipinski definition) is 2. The zero-order valence-electron chi connectivity index (χ0n) is 10.4. The minimum Gasteiger partial charge on any atom is -0.478 e. The molecule has 0 aliphatic rings. The highest BCUT2D eigenvalue weighted by Crippen LogP contribution is 2.31. The molecular formula is C12H10F3NO5. The average molecular weight is 305 g/mol. The summed E-state index contributed by atoms with van der Waals surface area (Å²) in [5, 5.41) is 10.7. The van der Waals surface area contributed by atoms with E-state index < -0.39 is 29.7 Å². The number of amides is 1. The number of anilines is 1. The molecule has 0 spiro atoms. The molecule has 0 heterocycles. The van der Waals surface area contributed by atoms with Crippen LogP contribution in [-0.4, -0.2) is 30.1 Å². The molecule has 0 unspecified atom stereocenters. The smallest absolute Gasteiger partial charge is 0.478 e. The van der Waals surface area contributed by atoms with Crippen molar-refractivity contribution >= 4 is 17.7 Å². The Morgan fingerprint density at radius 3 is 2.57 bits per heavy atom. The fourth-order valence-corrected chi connectivity index (χ4v) is 1.25. The first-order valence-corrected chi connectivity index (χ1v) is 5.40. The minimum absolute atomic E-state index is 0.144. The maximum absolute atomic E-state index is 12.3. The SMILES string of the molecule is C=CCOC(=O)Nc1ccc(C(=O)O)cc1OC(F)(F)F. The van der Waals surface area contributed by atoms with Gasteiger partial charge in [0.1, 0.15) is 6.61 Å². The summed E-state index contributed by atoms with van der Waals surface area (Å²) in [7, 11) is 0. The van der Waals surface area contributed by atoms with Crippen LogP contribution in [-0.2, 0) is 4.74 Å². The van der Waals surface area contributed by atoms with Gasteiger partial charge in [-0.2, -0.15) is 0 Å². The van der Waals surface area contributed by atoms with Gasteiger partial charge in [0, 0.05) is 0 Å². The second-order valence-corrected chi connectivity index (χ2v) is 3.58. The predicted molar refractivity (Wildman–Crippen MR) is 65.3 cm³/mol. The predicted octanol–water partition coefficient (Wildman–Crippen LogP) is 3.02. The van der Waals surface area contributed by atoms with Crippen LogP contribution in [0.5, 0.6) is 5.75 Å². The molecule has 0 atom stereocenters. The van der Waals surface area contributed by atoms with Gasteiger partial charge in [-0.05, 0) is 18.2 Å². The number of benzene rings is 1. The lowest BCUT2D eigenvalue weighted by Gasteiger charge is -2.14. The molecule has 0 saturated carbocycles. The summed E-state index contributed by atoms with van der Waals surface area (Å²) in [6.07, 6.45) is -4.82. The van der Waals surface area contributed by atoms with Crippen LogP contribution in [0.3, 0.4) is 0 Å². The number of ether oxygens (including phenoxy) is 2. The number of carboxylic acid groups (broad SMARTS) is 1. The molecule has 0 aromatic heterocycles. The van der Waals surface area contributed by atoms with Gasteiger partial charge in [-0.1, -0.05) is 12.7 Å². The van der Waals surface area contributed by atoms with Crippen molar-refractivity contribution in [1.82, 2.24) is 0 Å². The summed E-state index contributed by atoms with van der Waals surface area (Å²) in [5.74, 6) is -2.30. The van der Waals surface area contributed by atoms with Gasteiger partial charge in [-0.3, -0.25) is 5.32 Å². The third-order valence-electron chi connectivity index (χ3n) is 2.02. The Bertz CT molecular complexity index is 556. The summed E-state index contributed by atoms with van der Waals surface area (Å²) in [5.41, 5.74) is -0.814. The molecule has 0 aliphatic carbocycles. The zero-order chi connectivity index (χ0) is 16.0. The van der Waals surface area contributed by atoms with Crippen LogP contribution in [0, 0.1) is 0 Å². The standard InChI is InChI=1S/C12H10F3NO5/c1-2-5-20-11(19)16-8-4-3-7(10(17)18)6-9(8)21-12(13,14)15/h2-4,6H,1,5H2,(H,16,19)(H,17,18). The van der Waals surface area contributed by atoms with E-state index in [0.717, 1.165) is 12.1 Å². The number of carboxylic acids is 1. The molecule has 0 radical (unpaired) electrons. The summed E-state index contributed by atoms with van der Waals surface area (Å²) in [6.45, 7) is 3.15. The van der Waals surface area contributed by atoms with E-state index in [9.17, 15) is 22.8 Å². The second-order valence-electron chi connectivity index (χ2n) is 3.58. The molecule has 1 amide bonds. The van der Waals surface area contributed by atoms with Crippen molar-refractivity contribution in [3.63, 3.8) is 0 Å². The van der Waals surface area contributed by atoms with Crippen molar-refractivity contribution in [3.8, 4) is 5.75 Å². The van der Waals surface area contributed by atoms with Crippen molar-refractivity contribution in [2.75, 3.05) is 11.9 Å². The number of hydrogen-bond acceptors (Lipinski definition) is 4. The molecule has 0 saturated heterocycles. The molecule has 1 aromatic carbocycles. The lowest BCUT2D eigenvalue weighted by atomic mass is 10.2. The van der Waals surface area contributed by atoms with Crippen molar-refractivity contribution in [2.24, 2.45) is 0 Å². The third-order valence-corrected chi connectivity index (χ3v) is 2.02. The molecular weight excluding hydrogens is 295 g/mol. The van der Waals surface area contributed by atoms with E-state index in [1.807, 2.05) is 5.32 Å². The normalized spacial score (nSPS) is 10.6. The highest BCUT2D eigenvalue weighted by Gasteiger charge is 2.32. The first kappa shape index (κ1) is 16.3. The number of nitrogens with one attached hydrogen (secondary N) is 1. The monoisotopic (exact) mass is 305 g/mol. The van der Waals surface area contributed by atoms with E-state index in [1.165, 1.54) is 6.08 Å². The molecule has 0 aliphatic heterocycles.